The van der Waals surface area contributed by atoms with Crippen LogP contribution >= 0.6 is 0 Å². The Morgan fingerprint density at radius 1 is 1.09 bits per heavy atom. The topological polar surface area (TPSA) is 63.2 Å². The first kappa shape index (κ1) is 16.1. The molecule has 3 heterocycles. The molecule has 0 amide bonds. The van der Waals surface area contributed by atoms with Gasteiger partial charge in [-0.15, -0.1) is 0 Å². The maximum absolute atomic E-state index is 11.6. The normalized spacial score (nSPS) is 17.3. The standard InChI is InChI=1S/C17H21N3O2S/c1-23(21,22)15-7-10-20(11-8-15)13-14-5-6-17(19-12-14)16-4-2-3-9-18-16/h2-6,9,12,15H,7-8,10-11,13H2,1H3. The van der Waals surface area contributed by atoms with E-state index in [0.29, 0.717) is 0 Å². The van der Waals surface area contributed by atoms with Gasteiger partial charge >= 0.3 is 0 Å². The number of nitrogens with zero attached hydrogens (tertiary/aromatic N) is 3. The number of piperidine rings is 1. The predicted molar refractivity (Wildman–Crippen MR) is 90.6 cm³/mol. The maximum atomic E-state index is 11.6. The summed E-state index contributed by atoms with van der Waals surface area (Å²) < 4.78 is 23.2. The molecule has 2 aromatic heterocycles. The first-order valence-corrected chi connectivity index (χ1v) is 9.75. The first-order valence-electron chi connectivity index (χ1n) is 7.80. The molecule has 6 heteroatoms. The van der Waals surface area contributed by atoms with Crippen LogP contribution in [0.3, 0.4) is 0 Å². The van der Waals surface area contributed by atoms with Crippen LogP contribution in [0.1, 0.15) is 18.4 Å². The van der Waals surface area contributed by atoms with Gasteiger partial charge in [-0.25, -0.2) is 8.42 Å². The molecule has 2 aromatic rings. The Labute approximate surface area is 137 Å². The molecule has 0 saturated carbocycles. The molecule has 1 fully saturated rings. The number of likely N-dealkylation sites (tertiary alicyclic amines) is 1. The van der Waals surface area contributed by atoms with Gasteiger partial charge in [0, 0.05) is 25.2 Å². The van der Waals surface area contributed by atoms with Crippen LogP contribution in [0.15, 0.2) is 42.7 Å². The Morgan fingerprint density at radius 2 is 1.83 bits per heavy atom. The number of aromatic nitrogens is 2. The van der Waals surface area contributed by atoms with Gasteiger partial charge < -0.3 is 0 Å². The molecule has 23 heavy (non-hydrogen) atoms. The van der Waals surface area contributed by atoms with Crippen molar-refractivity contribution in [2.45, 2.75) is 24.6 Å². The first-order chi connectivity index (χ1) is 11.0. The van der Waals surface area contributed by atoms with Gasteiger partial charge in [0.15, 0.2) is 0 Å². The zero-order chi connectivity index (χ0) is 16.3. The maximum Gasteiger partial charge on any atom is 0.150 e. The van der Waals surface area contributed by atoms with Crippen molar-refractivity contribution in [3.8, 4) is 11.4 Å². The lowest BCUT2D eigenvalue weighted by atomic mass is 10.1. The van der Waals surface area contributed by atoms with Crippen LogP contribution in [0.2, 0.25) is 0 Å². The average Bonchev–Trinajstić information content (AvgIpc) is 2.56. The van der Waals surface area contributed by atoms with Crippen LogP contribution < -0.4 is 0 Å². The van der Waals surface area contributed by atoms with Gasteiger partial charge in [-0.1, -0.05) is 12.1 Å². The molecule has 0 spiro atoms. The summed E-state index contributed by atoms with van der Waals surface area (Å²) in [6.45, 7) is 2.45. The predicted octanol–water partition coefficient (Wildman–Crippen LogP) is 2.15. The van der Waals surface area contributed by atoms with Crippen molar-refractivity contribution in [3.05, 3.63) is 48.3 Å². The summed E-state index contributed by atoms with van der Waals surface area (Å²) in [5, 5.41) is -0.177. The Balaban J connectivity index is 1.60. The number of rotatable bonds is 4. The van der Waals surface area contributed by atoms with Gasteiger partial charge in [-0.3, -0.25) is 14.9 Å². The van der Waals surface area contributed by atoms with Gasteiger partial charge in [-0.2, -0.15) is 0 Å². The van der Waals surface area contributed by atoms with Gasteiger partial charge in [-0.05, 0) is 49.7 Å². The fraction of sp³-hybridized carbons (Fsp3) is 0.412. The van der Waals surface area contributed by atoms with Crippen LogP contribution in [0.25, 0.3) is 11.4 Å². The highest BCUT2D eigenvalue weighted by molar-refractivity contribution is 7.91. The minimum atomic E-state index is -2.90. The quantitative estimate of drug-likeness (QED) is 0.859. The third-order valence-electron chi connectivity index (χ3n) is 4.30. The second-order valence-corrected chi connectivity index (χ2v) is 8.40. The fourth-order valence-corrected chi connectivity index (χ4v) is 4.00. The monoisotopic (exact) mass is 331 g/mol. The molecule has 5 nitrogen and oxygen atoms in total. The van der Waals surface area contributed by atoms with Crippen molar-refractivity contribution in [2.75, 3.05) is 19.3 Å². The summed E-state index contributed by atoms with van der Waals surface area (Å²) in [6.07, 6.45) is 6.42. The van der Waals surface area contributed by atoms with E-state index in [0.717, 1.165) is 49.4 Å². The Morgan fingerprint density at radius 3 is 2.39 bits per heavy atom. The molecule has 1 aliphatic heterocycles. The van der Waals surface area contributed by atoms with Crippen molar-refractivity contribution in [2.24, 2.45) is 0 Å². The van der Waals surface area contributed by atoms with Crippen LogP contribution in [0, 0.1) is 0 Å². The zero-order valence-corrected chi connectivity index (χ0v) is 14.0. The molecule has 0 aliphatic carbocycles. The lowest BCUT2D eigenvalue weighted by Gasteiger charge is -2.30. The molecule has 0 unspecified atom stereocenters. The number of pyridine rings is 2. The van der Waals surface area contributed by atoms with E-state index in [4.69, 9.17) is 0 Å². The molecular weight excluding hydrogens is 310 g/mol. The number of hydrogen-bond acceptors (Lipinski definition) is 5. The van der Waals surface area contributed by atoms with Crippen LogP contribution in [0.5, 0.6) is 0 Å². The van der Waals surface area contributed by atoms with Crippen LogP contribution in [-0.2, 0) is 16.4 Å². The summed E-state index contributed by atoms with van der Waals surface area (Å²) in [6, 6.07) is 9.83. The molecule has 3 rings (SSSR count). The molecule has 0 N–H and O–H groups in total. The van der Waals surface area contributed by atoms with E-state index in [-0.39, 0.29) is 5.25 Å². The Hall–Kier alpha value is -1.79. The summed E-state index contributed by atoms with van der Waals surface area (Å²) >= 11 is 0. The molecule has 0 atom stereocenters. The van der Waals surface area contributed by atoms with E-state index in [1.165, 1.54) is 6.26 Å². The van der Waals surface area contributed by atoms with Gasteiger partial charge in [0.2, 0.25) is 0 Å². The smallest absolute Gasteiger partial charge is 0.150 e. The minimum absolute atomic E-state index is 0.177. The highest BCUT2D eigenvalue weighted by Gasteiger charge is 2.26. The largest absolute Gasteiger partial charge is 0.299 e. The highest BCUT2D eigenvalue weighted by atomic mass is 32.2. The molecule has 0 aromatic carbocycles. The van der Waals surface area contributed by atoms with E-state index in [1.54, 1.807) is 6.20 Å². The van der Waals surface area contributed by atoms with E-state index in [1.807, 2.05) is 30.5 Å². The van der Waals surface area contributed by atoms with Crippen molar-refractivity contribution in [1.29, 1.82) is 0 Å². The molecule has 0 bridgehead atoms. The van der Waals surface area contributed by atoms with Gasteiger partial charge in [0.1, 0.15) is 9.84 Å². The average molecular weight is 331 g/mol. The Kier molecular flexibility index (Phi) is 4.73. The lowest BCUT2D eigenvalue weighted by Crippen LogP contribution is -2.38. The molecule has 122 valence electrons. The minimum Gasteiger partial charge on any atom is -0.299 e. The third-order valence-corrected chi connectivity index (χ3v) is 5.98. The van der Waals surface area contributed by atoms with E-state index < -0.39 is 9.84 Å². The van der Waals surface area contributed by atoms with Crippen molar-refractivity contribution < 1.29 is 8.42 Å². The molecule has 0 radical (unpaired) electrons. The van der Waals surface area contributed by atoms with Gasteiger partial charge in [0.25, 0.3) is 0 Å². The molecular formula is C17H21N3O2S. The highest BCUT2D eigenvalue weighted by Crippen LogP contribution is 2.19. The van der Waals surface area contributed by atoms with Crippen LogP contribution in [-0.4, -0.2) is 47.9 Å². The number of hydrogen-bond donors (Lipinski definition) is 0. The van der Waals surface area contributed by atoms with Crippen molar-refractivity contribution >= 4 is 9.84 Å². The molecule has 1 saturated heterocycles. The summed E-state index contributed by atoms with van der Waals surface area (Å²) in [5.41, 5.74) is 2.88. The molecule has 1 aliphatic rings. The van der Waals surface area contributed by atoms with E-state index >= 15 is 0 Å². The van der Waals surface area contributed by atoms with Crippen molar-refractivity contribution in [3.63, 3.8) is 0 Å². The van der Waals surface area contributed by atoms with Crippen molar-refractivity contribution in [1.82, 2.24) is 14.9 Å². The second-order valence-electron chi connectivity index (χ2n) is 6.07. The SMILES string of the molecule is CS(=O)(=O)C1CCN(Cc2ccc(-c3ccccn3)nc2)CC1. The van der Waals surface area contributed by atoms with Crippen LogP contribution in [0.4, 0.5) is 0 Å². The summed E-state index contributed by atoms with van der Waals surface area (Å²) in [7, 11) is -2.90. The van der Waals surface area contributed by atoms with E-state index in [2.05, 4.69) is 20.9 Å². The number of sulfone groups is 1. The fourth-order valence-electron chi connectivity index (χ4n) is 2.94. The summed E-state index contributed by atoms with van der Waals surface area (Å²) in [5.74, 6) is 0. The Bertz CT molecular complexity index is 737. The van der Waals surface area contributed by atoms with Gasteiger partial charge in [0.05, 0.1) is 16.6 Å². The summed E-state index contributed by atoms with van der Waals surface area (Å²) in [4.78, 5) is 11.1. The lowest BCUT2D eigenvalue weighted by molar-refractivity contribution is 0.222. The second kappa shape index (κ2) is 6.76. The van der Waals surface area contributed by atoms with E-state index in [9.17, 15) is 8.42 Å². The third kappa shape index (κ3) is 4.14. The zero-order valence-electron chi connectivity index (χ0n) is 13.2.